The Hall–Kier alpha value is -0.0900. The van der Waals surface area contributed by atoms with E-state index in [1.165, 1.54) is 83.5 Å². The van der Waals surface area contributed by atoms with E-state index in [0.717, 1.165) is 19.3 Å². The molecule has 0 aromatic heterocycles. The van der Waals surface area contributed by atoms with Crippen LogP contribution in [0, 0.1) is 5.92 Å². The lowest BCUT2D eigenvalue weighted by Gasteiger charge is -2.08. The van der Waals surface area contributed by atoms with Crippen LogP contribution in [0.3, 0.4) is 0 Å². The van der Waals surface area contributed by atoms with Crippen molar-refractivity contribution in [2.45, 2.75) is 117 Å². The van der Waals surface area contributed by atoms with Crippen LogP contribution >= 0.6 is 0 Å². The molecule has 0 aliphatic heterocycles. The van der Waals surface area contributed by atoms with Crippen molar-refractivity contribution in [2.24, 2.45) is 5.92 Å². The molecule has 0 bridgehead atoms. The van der Waals surface area contributed by atoms with Crippen molar-refractivity contribution in [1.82, 2.24) is 0 Å². The van der Waals surface area contributed by atoms with Crippen LogP contribution in [0.25, 0.3) is 0 Å². The predicted molar refractivity (Wildman–Crippen MR) is 114 cm³/mol. The molecule has 0 radical (unpaired) electrons. The molecule has 0 saturated carbocycles. The van der Waals surface area contributed by atoms with Gasteiger partial charge in [-0.1, -0.05) is 110 Å². The summed E-state index contributed by atoms with van der Waals surface area (Å²) in [6, 6.07) is 0. The predicted octanol–water partition coefficient (Wildman–Crippen LogP) is 6.29. The summed E-state index contributed by atoms with van der Waals surface area (Å²) in [5, 5.41) is 8.95. The minimum absolute atomic E-state index is 0.0435. The first-order valence-electron chi connectivity index (χ1n) is 11.3. The number of hydrogen-bond acceptors (Lipinski definition) is 3. The topological polar surface area (TPSA) is 54.4 Å². The van der Waals surface area contributed by atoms with Gasteiger partial charge in [0.2, 0.25) is 0 Å². The summed E-state index contributed by atoms with van der Waals surface area (Å²) in [5.41, 5.74) is 0. The second-order valence-electron chi connectivity index (χ2n) is 8.21. The normalized spacial score (nSPS) is 13.2. The number of hydrogen-bond donors (Lipinski definition) is 1. The second kappa shape index (κ2) is 18.3. The van der Waals surface area contributed by atoms with Crippen LogP contribution in [0.2, 0.25) is 0 Å². The van der Waals surface area contributed by atoms with E-state index in [9.17, 15) is 8.42 Å². The maximum Gasteiger partial charge on any atom is 0.150 e. The molecule has 0 rings (SSSR count). The largest absolute Gasteiger partial charge is 0.396 e. The number of rotatable bonds is 20. The molecular formula is C22H46O3S. The Kier molecular flexibility index (Phi) is 18.2. The van der Waals surface area contributed by atoms with E-state index in [2.05, 4.69) is 6.92 Å². The van der Waals surface area contributed by atoms with Gasteiger partial charge in [0, 0.05) is 6.61 Å². The maximum atomic E-state index is 11.8. The molecule has 0 heterocycles. The summed E-state index contributed by atoms with van der Waals surface area (Å²) in [4.78, 5) is 0. The molecule has 0 fully saturated rings. The van der Waals surface area contributed by atoms with Gasteiger partial charge in [0.05, 0.1) is 11.5 Å². The molecule has 1 unspecified atom stereocenters. The summed E-state index contributed by atoms with van der Waals surface area (Å²) < 4.78 is 23.7. The van der Waals surface area contributed by atoms with Crippen molar-refractivity contribution >= 4 is 9.84 Å². The van der Waals surface area contributed by atoms with Gasteiger partial charge >= 0.3 is 0 Å². The Morgan fingerprint density at radius 1 is 0.654 bits per heavy atom. The summed E-state index contributed by atoms with van der Waals surface area (Å²) >= 11 is 0. The lowest BCUT2D eigenvalue weighted by atomic mass is 10.0. The van der Waals surface area contributed by atoms with E-state index in [1.54, 1.807) is 6.92 Å². The van der Waals surface area contributed by atoms with E-state index in [4.69, 9.17) is 5.11 Å². The molecule has 0 aromatic rings. The van der Waals surface area contributed by atoms with E-state index < -0.39 is 9.84 Å². The van der Waals surface area contributed by atoms with E-state index in [1.807, 2.05) is 0 Å². The lowest BCUT2D eigenvalue weighted by Crippen LogP contribution is -2.19. The molecule has 0 aromatic carbocycles. The Morgan fingerprint density at radius 3 is 1.35 bits per heavy atom. The second-order valence-corrected chi connectivity index (χ2v) is 10.4. The van der Waals surface area contributed by atoms with Gasteiger partial charge < -0.3 is 5.11 Å². The fourth-order valence-electron chi connectivity index (χ4n) is 3.44. The molecule has 1 N–H and O–H groups in total. The van der Waals surface area contributed by atoms with Crippen LogP contribution < -0.4 is 0 Å². The van der Waals surface area contributed by atoms with E-state index >= 15 is 0 Å². The first kappa shape index (κ1) is 25.9. The number of unbranched alkanes of at least 4 members (excludes halogenated alkanes) is 15. The average molecular weight is 391 g/mol. The molecule has 0 amide bonds. The van der Waals surface area contributed by atoms with Crippen LogP contribution in [0.1, 0.15) is 117 Å². The molecule has 3 nitrogen and oxygen atoms in total. The van der Waals surface area contributed by atoms with Crippen molar-refractivity contribution in [1.29, 1.82) is 0 Å². The highest BCUT2D eigenvalue weighted by atomic mass is 32.2. The van der Waals surface area contributed by atoms with Crippen LogP contribution in [0.15, 0.2) is 0 Å². The van der Waals surface area contributed by atoms with Crippen molar-refractivity contribution in [3.05, 3.63) is 0 Å². The van der Waals surface area contributed by atoms with Crippen LogP contribution in [0.4, 0.5) is 0 Å². The number of aliphatic hydroxyl groups excluding tert-OH is 1. The van der Waals surface area contributed by atoms with Gasteiger partial charge in [0.1, 0.15) is 0 Å². The number of aliphatic hydroxyl groups is 1. The molecule has 158 valence electrons. The van der Waals surface area contributed by atoms with Crippen molar-refractivity contribution < 1.29 is 13.5 Å². The first-order valence-corrected chi connectivity index (χ1v) is 13.1. The molecule has 0 aliphatic carbocycles. The quantitative estimate of drug-likeness (QED) is 0.248. The van der Waals surface area contributed by atoms with Gasteiger partial charge in [-0.2, -0.15) is 0 Å². The fraction of sp³-hybridized carbons (Fsp3) is 1.00. The molecule has 1 atom stereocenters. The van der Waals surface area contributed by atoms with Gasteiger partial charge in [-0.05, 0) is 12.3 Å². The minimum atomic E-state index is -2.97. The van der Waals surface area contributed by atoms with Crippen molar-refractivity contribution in [2.75, 3.05) is 18.1 Å². The SMILES string of the molecule is CCCCCCCCCCCCCCCCCCS(=O)(=O)CC(C)CO. The Labute approximate surface area is 164 Å². The third kappa shape index (κ3) is 18.7. The standard InChI is InChI=1S/C22H46O3S/c1-3-4-5-6-7-8-9-10-11-12-13-14-15-16-17-18-19-26(24,25)21-22(2)20-23/h22-23H,3-21H2,1-2H3. The zero-order valence-electron chi connectivity index (χ0n) is 17.7. The highest BCUT2D eigenvalue weighted by molar-refractivity contribution is 7.91. The van der Waals surface area contributed by atoms with Gasteiger partial charge in [0.25, 0.3) is 0 Å². The Balaban J connectivity index is 3.24. The van der Waals surface area contributed by atoms with Crippen LogP contribution in [-0.2, 0) is 9.84 Å². The lowest BCUT2D eigenvalue weighted by molar-refractivity contribution is 0.249. The van der Waals surface area contributed by atoms with Crippen molar-refractivity contribution in [3.8, 4) is 0 Å². The zero-order valence-corrected chi connectivity index (χ0v) is 18.5. The minimum Gasteiger partial charge on any atom is -0.396 e. The summed E-state index contributed by atoms with van der Waals surface area (Å²) in [6.45, 7) is 4.01. The third-order valence-corrected chi connectivity index (χ3v) is 7.15. The van der Waals surface area contributed by atoms with E-state index in [0.29, 0.717) is 0 Å². The smallest absolute Gasteiger partial charge is 0.150 e. The fourth-order valence-corrected chi connectivity index (χ4v) is 5.22. The van der Waals surface area contributed by atoms with Crippen LogP contribution in [0.5, 0.6) is 0 Å². The molecule has 26 heavy (non-hydrogen) atoms. The van der Waals surface area contributed by atoms with Crippen molar-refractivity contribution in [3.63, 3.8) is 0 Å². The third-order valence-electron chi connectivity index (χ3n) is 5.16. The summed E-state index contributed by atoms with van der Waals surface area (Å²) in [5.74, 6) is 0.277. The molecule has 4 heteroatoms. The first-order chi connectivity index (χ1) is 12.5. The summed E-state index contributed by atoms with van der Waals surface area (Å²) in [7, 11) is -2.97. The molecule has 0 saturated heterocycles. The molecule has 0 aliphatic rings. The molecular weight excluding hydrogens is 344 g/mol. The Morgan fingerprint density at radius 2 is 1.00 bits per heavy atom. The Bertz CT molecular complexity index is 379. The highest BCUT2D eigenvalue weighted by Gasteiger charge is 2.14. The van der Waals surface area contributed by atoms with Crippen LogP contribution in [-0.4, -0.2) is 31.6 Å². The van der Waals surface area contributed by atoms with Gasteiger partial charge in [0.15, 0.2) is 9.84 Å². The van der Waals surface area contributed by atoms with Gasteiger partial charge in [-0.25, -0.2) is 8.42 Å². The molecule has 0 spiro atoms. The summed E-state index contributed by atoms with van der Waals surface area (Å²) in [6.07, 6.45) is 20.8. The van der Waals surface area contributed by atoms with Gasteiger partial charge in [-0.15, -0.1) is 0 Å². The highest BCUT2D eigenvalue weighted by Crippen LogP contribution is 2.14. The van der Waals surface area contributed by atoms with Gasteiger partial charge in [-0.3, -0.25) is 0 Å². The van der Waals surface area contributed by atoms with E-state index in [-0.39, 0.29) is 24.0 Å². The number of sulfone groups is 1. The maximum absolute atomic E-state index is 11.8. The zero-order chi connectivity index (χ0) is 19.5. The monoisotopic (exact) mass is 390 g/mol. The average Bonchev–Trinajstić information content (AvgIpc) is 2.60.